The lowest BCUT2D eigenvalue weighted by Crippen LogP contribution is -2.32. The molecular weight excluding hydrogens is 326 g/mol. The molecule has 0 aliphatic carbocycles. The van der Waals surface area contributed by atoms with Gasteiger partial charge in [0.2, 0.25) is 0 Å². The molecule has 2 rings (SSSR count). The highest BCUT2D eigenvalue weighted by molar-refractivity contribution is 8.13. The summed E-state index contributed by atoms with van der Waals surface area (Å²) in [5.74, 6) is 0.966. The fraction of sp³-hybridized carbons (Fsp3) is 0.682. The number of hydrogen-bond donors (Lipinski definition) is 0. The average Bonchev–Trinajstić information content (AvgIpc) is 2.65. The molecular formula is C22H35NOS. The lowest BCUT2D eigenvalue weighted by Gasteiger charge is -2.29. The van der Waals surface area contributed by atoms with E-state index in [0.717, 1.165) is 30.8 Å². The minimum atomic E-state index is 0.239. The highest BCUT2D eigenvalue weighted by Crippen LogP contribution is 2.29. The van der Waals surface area contributed by atoms with Gasteiger partial charge in [0.05, 0.1) is 0 Å². The first-order valence-corrected chi connectivity index (χ1v) is 11.3. The summed E-state index contributed by atoms with van der Waals surface area (Å²) in [5.41, 5.74) is 2.45. The predicted octanol–water partition coefficient (Wildman–Crippen LogP) is 7.21. The van der Waals surface area contributed by atoms with Gasteiger partial charge in [0.1, 0.15) is 0 Å². The normalized spacial score (nSPS) is 13.7. The van der Waals surface area contributed by atoms with Crippen molar-refractivity contribution in [3.63, 3.8) is 0 Å². The molecule has 1 aromatic rings. The SMILES string of the molecule is CCCCCCCCCCCCSC(=O)N1CCCc2ccccc21. The van der Waals surface area contributed by atoms with Crippen molar-refractivity contribution in [1.82, 2.24) is 0 Å². The third-order valence-electron chi connectivity index (χ3n) is 5.05. The topological polar surface area (TPSA) is 20.3 Å². The molecule has 0 radical (unpaired) electrons. The fourth-order valence-corrected chi connectivity index (χ4v) is 4.42. The maximum Gasteiger partial charge on any atom is 0.286 e. The van der Waals surface area contributed by atoms with Crippen molar-refractivity contribution in [2.75, 3.05) is 17.2 Å². The van der Waals surface area contributed by atoms with E-state index < -0.39 is 0 Å². The number of benzene rings is 1. The Hall–Kier alpha value is -0.960. The number of carbonyl (C=O) groups is 1. The van der Waals surface area contributed by atoms with E-state index in [-0.39, 0.29) is 5.24 Å². The second-order valence-electron chi connectivity index (χ2n) is 7.18. The summed E-state index contributed by atoms with van der Waals surface area (Å²) in [7, 11) is 0. The number of hydrogen-bond acceptors (Lipinski definition) is 2. The van der Waals surface area contributed by atoms with Crippen molar-refractivity contribution in [3.05, 3.63) is 29.8 Å². The van der Waals surface area contributed by atoms with Crippen molar-refractivity contribution >= 4 is 22.7 Å². The summed E-state index contributed by atoms with van der Waals surface area (Å²) in [6.07, 6.45) is 15.7. The Kier molecular flexibility index (Phi) is 10.1. The van der Waals surface area contributed by atoms with Crippen LogP contribution in [0.4, 0.5) is 10.5 Å². The number of amides is 1. The van der Waals surface area contributed by atoms with Gasteiger partial charge in [-0.3, -0.25) is 4.79 Å². The van der Waals surface area contributed by atoms with E-state index in [0.29, 0.717) is 0 Å². The number of anilines is 1. The van der Waals surface area contributed by atoms with E-state index in [1.807, 2.05) is 11.0 Å². The van der Waals surface area contributed by atoms with Crippen LogP contribution in [0.5, 0.6) is 0 Å². The van der Waals surface area contributed by atoms with E-state index in [2.05, 4.69) is 25.1 Å². The maximum atomic E-state index is 12.5. The Morgan fingerprint density at radius 2 is 1.60 bits per heavy atom. The molecule has 25 heavy (non-hydrogen) atoms. The highest BCUT2D eigenvalue weighted by atomic mass is 32.2. The molecule has 0 atom stereocenters. The number of fused-ring (bicyclic) bond motifs is 1. The number of unbranched alkanes of at least 4 members (excludes halogenated alkanes) is 9. The first-order chi connectivity index (χ1) is 12.3. The number of para-hydroxylation sites is 1. The van der Waals surface area contributed by atoms with E-state index >= 15 is 0 Å². The van der Waals surface area contributed by atoms with Crippen molar-refractivity contribution in [2.24, 2.45) is 0 Å². The van der Waals surface area contributed by atoms with Crippen LogP contribution < -0.4 is 4.90 Å². The quantitative estimate of drug-likeness (QED) is 0.388. The zero-order chi connectivity index (χ0) is 17.7. The molecule has 0 N–H and O–H groups in total. The van der Waals surface area contributed by atoms with Crippen LogP contribution in [0.15, 0.2) is 24.3 Å². The lowest BCUT2D eigenvalue weighted by molar-refractivity contribution is 0.264. The molecule has 1 heterocycles. The standard InChI is InChI=1S/C22H35NOS/c1-2-3-4-5-6-7-8-9-10-13-19-25-22(24)23-18-14-16-20-15-11-12-17-21(20)23/h11-12,15,17H,2-10,13-14,16,18-19H2,1H3. The molecule has 0 aromatic heterocycles. The van der Waals surface area contributed by atoms with Crippen LogP contribution in [0.1, 0.15) is 83.1 Å². The second kappa shape index (κ2) is 12.4. The van der Waals surface area contributed by atoms with Crippen molar-refractivity contribution in [2.45, 2.75) is 84.0 Å². The van der Waals surface area contributed by atoms with Crippen molar-refractivity contribution in [1.29, 1.82) is 0 Å². The van der Waals surface area contributed by atoms with Crippen LogP contribution in [0.2, 0.25) is 0 Å². The fourth-order valence-electron chi connectivity index (χ4n) is 3.55. The van der Waals surface area contributed by atoms with Gasteiger partial charge < -0.3 is 4.90 Å². The lowest BCUT2D eigenvalue weighted by atomic mass is 10.0. The minimum absolute atomic E-state index is 0.239. The van der Waals surface area contributed by atoms with Gasteiger partial charge in [-0.05, 0) is 30.9 Å². The maximum absolute atomic E-state index is 12.5. The van der Waals surface area contributed by atoms with Gasteiger partial charge >= 0.3 is 0 Å². The van der Waals surface area contributed by atoms with Crippen LogP contribution in [-0.4, -0.2) is 17.5 Å². The van der Waals surface area contributed by atoms with Crippen LogP contribution in [0.3, 0.4) is 0 Å². The zero-order valence-corrected chi connectivity index (χ0v) is 16.8. The first-order valence-electron chi connectivity index (χ1n) is 10.3. The van der Waals surface area contributed by atoms with E-state index in [9.17, 15) is 4.79 Å². The molecule has 1 aliphatic rings. The van der Waals surface area contributed by atoms with Crippen LogP contribution in [-0.2, 0) is 6.42 Å². The van der Waals surface area contributed by atoms with E-state index in [1.54, 1.807) is 0 Å². The Balaban J connectivity index is 1.52. The number of carbonyl (C=O) groups excluding carboxylic acids is 1. The minimum Gasteiger partial charge on any atom is -0.303 e. The van der Waals surface area contributed by atoms with Gasteiger partial charge in [-0.1, -0.05) is 94.7 Å². The Morgan fingerprint density at radius 1 is 0.960 bits per heavy atom. The molecule has 1 amide bonds. The summed E-state index contributed by atoms with van der Waals surface area (Å²) >= 11 is 1.51. The van der Waals surface area contributed by atoms with Gasteiger partial charge in [0, 0.05) is 18.0 Å². The van der Waals surface area contributed by atoms with Crippen molar-refractivity contribution in [3.8, 4) is 0 Å². The number of aryl methyl sites for hydroxylation is 1. The van der Waals surface area contributed by atoms with Crippen LogP contribution in [0.25, 0.3) is 0 Å². The smallest absolute Gasteiger partial charge is 0.286 e. The molecule has 3 heteroatoms. The van der Waals surface area contributed by atoms with Gasteiger partial charge in [0.15, 0.2) is 0 Å². The number of thioether (sulfide) groups is 1. The third kappa shape index (κ3) is 7.43. The van der Waals surface area contributed by atoms with Crippen LogP contribution >= 0.6 is 11.8 Å². The van der Waals surface area contributed by atoms with E-state index in [4.69, 9.17) is 0 Å². The molecule has 2 nitrogen and oxygen atoms in total. The second-order valence-corrected chi connectivity index (χ2v) is 8.23. The summed E-state index contributed by atoms with van der Waals surface area (Å²) in [6, 6.07) is 8.36. The Bertz CT molecular complexity index is 503. The highest BCUT2D eigenvalue weighted by Gasteiger charge is 2.21. The molecule has 0 unspecified atom stereocenters. The largest absolute Gasteiger partial charge is 0.303 e. The van der Waals surface area contributed by atoms with Gasteiger partial charge in [-0.15, -0.1) is 0 Å². The molecule has 0 fully saturated rings. The molecule has 1 aromatic carbocycles. The Labute approximate surface area is 158 Å². The summed E-state index contributed by atoms with van der Waals surface area (Å²) < 4.78 is 0. The molecule has 0 bridgehead atoms. The molecule has 0 spiro atoms. The zero-order valence-electron chi connectivity index (χ0n) is 16.0. The molecule has 0 saturated heterocycles. The van der Waals surface area contributed by atoms with Gasteiger partial charge in [-0.25, -0.2) is 0 Å². The number of nitrogens with zero attached hydrogens (tertiary/aromatic N) is 1. The molecule has 1 aliphatic heterocycles. The third-order valence-corrected chi connectivity index (χ3v) is 6.01. The Morgan fingerprint density at radius 3 is 2.32 bits per heavy atom. The van der Waals surface area contributed by atoms with Gasteiger partial charge in [0.25, 0.3) is 5.24 Å². The summed E-state index contributed by atoms with van der Waals surface area (Å²) in [5, 5.41) is 0.239. The van der Waals surface area contributed by atoms with Crippen molar-refractivity contribution < 1.29 is 4.79 Å². The summed E-state index contributed by atoms with van der Waals surface area (Å²) in [4.78, 5) is 14.5. The molecule has 0 saturated carbocycles. The monoisotopic (exact) mass is 361 g/mol. The average molecular weight is 362 g/mol. The van der Waals surface area contributed by atoms with Gasteiger partial charge in [-0.2, -0.15) is 0 Å². The summed E-state index contributed by atoms with van der Waals surface area (Å²) in [6.45, 7) is 3.15. The number of rotatable bonds is 11. The van der Waals surface area contributed by atoms with E-state index in [1.165, 1.54) is 81.5 Å². The van der Waals surface area contributed by atoms with Crippen LogP contribution in [0, 0.1) is 0 Å². The first kappa shape index (κ1) is 20.4. The molecule has 140 valence electrons. The predicted molar refractivity (Wildman–Crippen MR) is 112 cm³/mol.